The Morgan fingerprint density at radius 1 is 1.50 bits per heavy atom. The molecular formula is C14H19FN2O. The highest BCUT2D eigenvalue weighted by molar-refractivity contribution is 5.93. The summed E-state index contributed by atoms with van der Waals surface area (Å²) in [7, 11) is 0. The maximum absolute atomic E-state index is 13.0. The van der Waals surface area contributed by atoms with Gasteiger partial charge in [-0.25, -0.2) is 4.39 Å². The van der Waals surface area contributed by atoms with Crippen molar-refractivity contribution in [2.45, 2.75) is 32.7 Å². The zero-order valence-electron chi connectivity index (χ0n) is 10.8. The van der Waals surface area contributed by atoms with E-state index in [0.29, 0.717) is 5.69 Å². The van der Waals surface area contributed by atoms with Gasteiger partial charge in [0.2, 0.25) is 5.91 Å². The van der Waals surface area contributed by atoms with Crippen LogP contribution < -0.4 is 10.6 Å². The fourth-order valence-corrected chi connectivity index (χ4v) is 2.39. The molecule has 0 bridgehead atoms. The van der Waals surface area contributed by atoms with Crippen molar-refractivity contribution in [3.63, 3.8) is 0 Å². The minimum absolute atomic E-state index is 0.0109. The molecule has 3 nitrogen and oxygen atoms in total. The van der Waals surface area contributed by atoms with E-state index in [0.717, 1.165) is 24.9 Å². The molecule has 0 spiro atoms. The molecule has 2 atom stereocenters. The molecule has 4 heteroatoms. The Morgan fingerprint density at radius 2 is 2.28 bits per heavy atom. The number of carbonyl (C=O) groups is 1. The first-order valence-electron chi connectivity index (χ1n) is 6.38. The van der Waals surface area contributed by atoms with Crippen molar-refractivity contribution in [3.8, 4) is 0 Å². The van der Waals surface area contributed by atoms with Crippen LogP contribution in [0.1, 0.15) is 25.3 Å². The van der Waals surface area contributed by atoms with Gasteiger partial charge >= 0.3 is 0 Å². The van der Waals surface area contributed by atoms with Crippen LogP contribution in [0.5, 0.6) is 0 Å². The molecule has 0 saturated carbocycles. The Hall–Kier alpha value is -1.42. The van der Waals surface area contributed by atoms with Gasteiger partial charge in [0, 0.05) is 11.7 Å². The molecular weight excluding hydrogens is 231 g/mol. The van der Waals surface area contributed by atoms with Crippen LogP contribution in [0.2, 0.25) is 0 Å². The van der Waals surface area contributed by atoms with E-state index in [9.17, 15) is 9.18 Å². The predicted octanol–water partition coefficient (Wildman–Crippen LogP) is 2.46. The highest BCUT2D eigenvalue weighted by atomic mass is 19.1. The number of anilines is 1. The first-order valence-corrected chi connectivity index (χ1v) is 6.38. The van der Waals surface area contributed by atoms with E-state index in [2.05, 4.69) is 10.6 Å². The second kappa shape index (κ2) is 5.48. The second-order valence-corrected chi connectivity index (χ2v) is 4.94. The van der Waals surface area contributed by atoms with Crippen molar-refractivity contribution in [1.82, 2.24) is 5.32 Å². The van der Waals surface area contributed by atoms with E-state index >= 15 is 0 Å². The Bertz CT molecular complexity index is 447. The van der Waals surface area contributed by atoms with Gasteiger partial charge in [-0.05, 0) is 57.0 Å². The summed E-state index contributed by atoms with van der Waals surface area (Å²) in [6, 6.07) is 4.60. The van der Waals surface area contributed by atoms with Crippen molar-refractivity contribution in [2.75, 3.05) is 11.9 Å². The summed E-state index contributed by atoms with van der Waals surface area (Å²) in [5, 5.41) is 6.19. The van der Waals surface area contributed by atoms with Crippen molar-refractivity contribution < 1.29 is 9.18 Å². The SMILES string of the molecule is Cc1cc(F)ccc1NC(=O)C1CCCNC1C. The van der Waals surface area contributed by atoms with Gasteiger partial charge in [0.25, 0.3) is 0 Å². The molecule has 1 aromatic carbocycles. The molecule has 0 aromatic heterocycles. The molecule has 2 N–H and O–H groups in total. The molecule has 1 saturated heterocycles. The van der Waals surface area contributed by atoms with Crippen molar-refractivity contribution in [2.24, 2.45) is 5.92 Å². The number of nitrogens with one attached hydrogen (secondary N) is 2. The van der Waals surface area contributed by atoms with Gasteiger partial charge in [-0.2, -0.15) is 0 Å². The summed E-state index contributed by atoms with van der Waals surface area (Å²) >= 11 is 0. The summed E-state index contributed by atoms with van der Waals surface area (Å²) in [5.74, 6) is -0.272. The highest BCUT2D eigenvalue weighted by Crippen LogP contribution is 2.21. The van der Waals surface area contributed by atoms with E-state index in [1.807, 2.05) is 6.92 Å². The second-order valence-electron chi connectivity index (χ2n) is 4.94. The van der Waals surface area contributed by atoms with Gasteiger partial charge in [0.05, 0.1) is 5.92 Å². The van der Waals surface area contributed by atoms with Crippen LogP contribution in [-0.4, -0.2) is 18.5 Å². The monoisotopic (exact) mass is 250 g/mol. The largest absolute Gasteiger partial charge is 0.326 e. The van der Waals surface area contributed by atoms with E-state index in [-0.39, 0.29) is 23.7 Å². The smallest absolute Gasteiger partial charge is 0.229 e. The lowest BCUT2D eigenvalue weighted by molar-refractivity contribution is -0.121. The van der Waals surface area contributed by atoms with E-state index in [1.54, 1.807) is 13.0 Å². The number of piperidine rings is 1. The van der Waals surface area contributed by atoms with E-state index in [1.165, 1.54) is 12.1 Å². The molecule has 1 heterocycles. The Labute approximate surface area is 107 Å². The summed E-state index contributed by atoms with van der Waals surface area (Å²) in [4.78, 5) is 12.2. The maximum Gasteiger partial charge on any atom is 0.229 e. The van der Waals surface area contributed by atoms with Gasteiger partial charge in [-0.3, -0.25) is 4.79 Å². The number of benzene rings is 1. The summed E-state index contributed by atoms with van der Waals surface area (Å²) < 4.78 is 13.0. The third kappa shape index (κ3) is 2.88. The number of hydrogen-bond donors (Lipinski definition) is 2. The van der Waals surface area contributed by atoms with Crippen LogP contribution in [0.25, 0.3) is 0 Å². The summed E-state index contributed by atoms with van der Waals surface area (Å²) in [6.07, 6.45) is 1.92. The lowest BCUT2D eigenvalue weighted by Crippen LogP contribution is -2.44. The van der Waals surface area contributed by atoms with Gasteiger partial charge in [0.1, 0.15) is 5.82 Å². The standard InChI is InChI=1S/C14H19FN2O/c1-9-8-11(15)5-6-13(9)17-14(18)12-4-3-7-16-10(12)2/h5-6,8,10,12,16H,3-4,7H2,1-2H3,(H,17,18). The molecule has 1 amide bonds. The number of halogens is 1. The van der Waals surface area contributed by atoms with Crippen molar-refractivity contribution >= 4 is 11.6 Å². The fourth-order valence-electron chi connectivity index (χ4n) is 2.39. The van der Waals surface area contributed by atoms with Crippen LogP contribution in [0, 0.1) is 18.7 Å². The van der Waals surface area contributed by atoms with Gasteiger partial charge in [0.15, 0.2) is 0 Å². The quantitative estimate of drug-likeness (QED) is 0.846. The molecule has 1 fully saturated rings. The summed E-state index contributed by atoms with van der Waals surface area (Å²) in [6.45, 7) is 4.79. The molecule has 98 valence electrons. The number of amides is 1. The normalized spacial score (nSPS) is 23.7. The average Bonchev–Trinajstić information content (AvgIpc) is 2.33. The summed E-state index contributed by atoms with van der Waals surface area (Å²) in [5.41, 5.74) is 1.44. The molecule has 1 aromatic rings. The highest BCUT2D eigenvalue weighted by Gasteiger charge is 2.27. The van der Waals surface area contributed by atoms with Crippen LogP contribution in [0.3, 0.4) is 0 Å². The Balaban J connectivity index is 2.06. The number of rotatable bonds is 2. The first kappa shape index (κ1) is 13.0. The van der Waals surface area contributed by atoms with Crippen LogP contribution in [0.15, 0.2) is 18.2 Å². The van der Waals surface area contributed by atoms with E-state index in [4.69, 9.17) is 0 Å². The molecule has 18 heavy (non-hydrogen) atoms. The topological polar surface area (TPSA) is 41.1 Å². The molecule has 2 unspecified atom stereocenters. The number of carbonyl (C=O) groups excluding carboxylic acids is 1. The molecule has 0 aliphatic carbocycles. The third-order valence-electron chi connectivity index (χ3n) is 3.54. The number of aryl methyl sites for hydroxylation is 1. The maximum atomic E-state index is 13.0. The van der Waals surface area contributed by atoms with Crippen LogP contribution in [-0.2, 0) is 4.79 Å². The van der Waals surface area contributed by atoms with Gasteiger partial charge in [-0.1, -0.05) is 0 Å². The average molecular weight is 250 g/mol. The molecule has 1 aliphatic rings. The van der Waals surface area contributed by atoms with Gasteiger partial charge < -0.3 is 10.6 Å². The number of hydrogen-bond acceptors (Lipinski definition) is 2. The van der Waals surface area contributed by atoms with Crippen LogP contribution >= 0.6 is 0 Å². The minimum Gasteiger partial charge on any atom is -0.326 e. The van der Waals surface area contributed by atoms with Gasteiger partial charge in [-0.15, -0.1) is 0 Å². The van der Waals surface area contributed by atoms with Crippen LogP contribution in [0.4, 0.5) is 10.1 Å². The Kier molecular flexibility index (Phi) is 3.97. The zero-order valence-corrected chi connectivity index (χ0v) is 10.8. The Morgan fingerprint density at radius 3 is 2.94 bits per heavy atom. The molecule has 1 aliphatic heterocycles. The minimum atomic E-state index is -0.279. The fraction of sp³-hybridized carbons (Fsp3) is 0.500. The molecule has 0 radical (unpaired) electrons. The third-order valence-corrected chi connectivity index (χ3v) is 3.54. The first-order chi connectivity index (χ1) is 8.58. The zero-order chi connectivity index (χ0) is 13.1. The predicted molar refractivity (Wildman–Crippen MR) is 70.0 cm³/mol. The van der Waals surface area contributed by atoms with Crippen molar-refractivity contribution in [3.05, 3.63) is 29.6 Å². The van der Waals surface area contributed by atoms with E-state index < -0.39 is 0 Å². The molecule has 2 rings (SSSR count). The lowest BCUT2D eigenvalue weighted by Gasteiger charge is -2.29. The van der Waals surface area contributed by atoms with Crippen molar-refractivity contribution in [1.29, 1.82) is 0 Å². The lowest BCUT2D eigenvalue weighted by atomic mass is 9.91.